The van der Waals surface area contributed by atoms with Gasteiger partial charge in [-0.05, 0) is 46.6 Å². The molecule has 0 radical (unpaired) electrons. The summed E-state index contributed by atoms with van der Waals surface area (Å²) in [6.07, 6.45) is 0.783. The molecular formula is C19H32N2O2. The van der Waals surface area contributed by atoms with E-state index in [9.17, 15) is 4.79 Å². The standard InChI is InChI=1S/C19H32N2O2/c1-14(2)23-19(6,7)13-18(4,5)17(22)21-20-15(3)16-11-9-8-10-12-16/h8-12,14-15,20H,13H2,1-7H3,(H,21,22). The molecule has 1 atom stereocenters. The first-order valence-corrected chi connectivity index (χ1v) is 8.32. The van der Waals surface area contributed by atoms with Crippen molar-refractivity contribution in [1.29, 1.82) is 0 Å². The lowest BCUT2D eigenvalue weighted by Gasteiger charge is -2.35. The molecule has 130 valence electrons. The minimum Gasteiger partial charge on any atom is -0.373 e. The zero-order valence-electron chi connectivity index (χ0n) is 15.6. The first-order valence-electron chi connectivity index (χ1n) is 8.32. The molecule has 0 spiro atoms. The minimum atomic E-state index is -0.526. The molecule has 0 aliphatic heterocycles. The second kappa shape index (κ2) is 7.93. The highest BCUT2D eigenvalue weighted by molar-refractivity contribution is 5.81. The van der Waals surface area contributed by atoms with Gasteiger partial charge in [0.05, 0.1) is 11.7 Å². The van der Waals surface area contributed by atoms with E-state index in [2.05, 4.69) is 10.9 Å². The Bertz CT molecular complexity index is 495. The summed E-state index contributed by atoms with van der Waals surface area (Å²) in [6.45, 7) is 14.0. The molecule has 0 saturated heterocycles. The van der Waals surface area contributed by atoms with Crippen LogP contribution in [0.25, 0.3) is 0 Å². The number of hydrogen-bond donors (Lipinski definition) is 2. The van der Waals surface area contributed by atoms with Crippen LogP contribution in [-0.4, -0.2) is 17.6 Å². The van der Waals surface area contributed by atoms with Gasteiger partial charge in [-0.3, -0.25) is 10.2 Å². The molecule has 0 fully saturated rings. The molecule has 1 aromatic rings. The van der Waals surface area contributed by atoms with Crippen LogP contribution in [0.2, 0.25) is 0 Å². The zero-order valence-corrected chi connectivity index (χ0v) is 15.6. The van der Waals surface area contributed by atoms with Crippen molar-refractivity contribution in [3.8, 4) is 0 Å². The van der Waals surface area contributed by atoms with Crippen molar-refractivity contribution in [2.75, 3.05) is 0 Å². The monoisotopic (exact) mass is 320 g/mol. The molecule has 1 unspecified atom stereocenters. The molecule has 0 aromatic heterocycles. The lowest BCUT2D eigenvalue weighted by atomic mass is 9.81. The van der Waals surface area contributed by atoms with Crippen LogP contribution in [0.3, 0.4) is 0 Å². The van der Waals surface area contributed by atoms with Crippen LogP contribution in [0.4, 0.5) is 0 Å². The van der Waals surface area contributed by atoms with Gasteiger partial charge in [-0.1, -0.05) is 44.2 Å². The number of ether oxygens (including phenoxy) is 1. The number of hydrogen-bond acceptors (Lipinski definition) is 3. The van der Waals surface area contributed by atoms with Crippen LogP contribution < -0.4 is 10.9 Å². The van der Waals surface area contributed by atoms with Crippen LogP contribution in [0.5, 0.6) is 0 Å². The van der Waals surface area contributed by atoms with Gasteiger partial charge in [-0.2, -0.15) is 0 Å². The summed E-state index contributed by atoms with van der Waals surface area (Å²) in [5.74, 6) is -0.0271. The Balaban J connectivity index is 2.58. The highest BCUT2D eigenvalue weighted by atomic mass is 16.5. The van der Waals surface area contributed by atoms with Gasteiger partial charge < -0.3 is 4.74 Å². The average molecular weight is 320 g/mol. The maximum absolute atomic E-state index is 12.5. The summed E-state index contributed by atoms with van der Waals surface area (Å²) in [5.41, 5.74) is 6.20. The van der Waals surface area contributed by atoms with Crippen LogP contribution in [0, 0.1) is 5.41 Å². The van der Waals surface area contributed by atoms with Crippen LogP contribution >= 0.6 is 0 Å². The van der Waals surface area contributed by atoms with E-state index in [0.717, 1.165) is 5.56 Å². The second-order valence-electron chi connectivity index (χ2n) is 7.72. The summed E-state index contributed by atoms with van der Waals surface area (Å²) in [7, 11) is 0. The fourth-order valence-electron chi connectivity index (χ4n) is 2.99. The smallest absolute Gasteiger partial charge is 0.239 e. The molecule has 0 heterocycles. The van der Waals surface area contributed by atoms with Gasteiger partial charge in [0.15, 0.2) is 0 Å². The van der Waals surface area contributed by atoms with Crippen molar-refractivity contribution >= 4 is 5.91 Å². The van der Waals surface area contributed by atoms with Crippen molar-refractivity contribution in [2.45, 2.75) is 72.6 Å². The summed E-state index contributed by atoms with van der Waals surface area (Å²) in [5, 5.41) is 0. The molecular weight excluding hydrogens is 288 g/mol. The number of hydrazine groups is 1. The lowest BCUT2D eigenvalue weighted by Crippen LogP contribution is -2.48. The quantitative estimate of drug-likeness (QED) is 0.712. The van der Waals surface area contributed by atoms with Crippen molar-refractivity contribution in [3.63, 3.8) is 0 Å². The Hall–Kier alpha value is -1.39. The maximum Gasteiger partial charge on any atom is 0.239 e. The third-order valence-corrected chi connectivity index (χ3v) is 3.74. The first kappa shape index (κ1) is 19.7. The van der Waals surface area contributed by atoms with Crippen molar-refractivity contribution < 1.29 is 9.53 Å². The van der Waals surface area contributed by atoms with Gasteiger partial charge >= 0.3 is 0 Å². The van der Waals surface area contributed by atoms with Gasteiger partial charge in [0, 0.05) is 11.5 Å². The fraction of sp³-hybridized carbons (Fsp3) is 0.632. The van der Waals surface area contributed by atoms with E-state index in [-0.39, 0.29) is 23.7 Å². The van der Waals surface area contributed by atoms with E-state index in [4.69, 9.17) is 4.74 Å². The summed E-state index contributed by atoms with van der Waals surface area (Å²) in [4.78, 5) is 12.5. The summed E-state index contributed by atoms with van der Waals surface area (Å²) < 4.78 is 5.92. The summed E-state index contributed by atoms with van der Waals surface area (Å²) in [6, 6.07) is 10.1. The number of benzene rings is 1. The van der Waals surface area contributed by atoms with Crippen molar-refractivity contribution in [2.24, 2.45) is 5.41 Å². The van der Waals surface area contributed by atoms with E-state index in [1.54, 1.807) is 0 Å². The van der Waals surface area contributed by atoms with Gasteiger partial charge in [0.1, 0.15) is 0 Å². The van der Waals surface area contributed by atoms with E-state index in [0.29, 0.717) is 6.42 Å². The number of carbonyl (C=O) groups is 1. The van der Waals surface area contributed by atoms with Gasteiger partial charge in [-0.15, -0.1) is 0 Å². The van der Waals surface area contributed by atoms with E-state index < -0.39 is 5.41 Å². The zero-order chi connectivity index (χ0) is 17.7. The molecule has 0 saturated carbocycles. The number of rotatable bonds is 8. The van der Waals surface area contributed by atoms with Crippen molar-refractivity contribution in [3.05, 3.63) is 35.9 Å². The van der Waals surface area contributed by atoms with E-state index in [1.807, 2.05) is 78.8 Å². The molecule has 1 amide bonds. The molecule has 4 heteroatoms. The number of nitrogens with one attached hydrogen (secondary N) is 2. The predicted molar refractivity (Wildman–Crippen MR) is 94.8 cm³/mol. The van der Waals surface area contributed by atoms with Crippen LogP contribution in [0.15, 0.2) is 30.3 Å². The first-order chi connectivity index (χ1) is 10.5. The van der Waals surface area contributed by atoms with Gasteiger partial charge in [0.2, 0.25) is 5.91 Å². The van der Waals surface area contributed by atoms with Crippen molar-refractivity contribution in [1.82, 2.24) is 10.9 Å². The predicted octanol–water partition coefficient (Wildman–Crippen LogP) is 3.99. The molecule has 0 bridgehead atoms. The normalized spacial score (nSPS) is 13.9. The Morgan fingerprint density at radius 2 is 1.65 bits per heavy atom. The Labute approximate surface area is 141 Å². The maximum atomic E-state index is 12.5. The lowest BCUT2D eigenvalue weighted by molar-refractivity contribution is -0.137. The molecule has 4 nitrogen and oxygen atoms in total. The molecule has 1 rings (SSSR count). The average Bonchev–Trinajstić information content (AvgIpc) is 2.42. The number of carbonyl (C=O) groups excluding carboxylic acids is 1. The highest BCUT2D eigenvalue weighted by Gasteiger charge is 2.35. The van der Waals surface area contributed by atoms with Crippen LogP contribution in [0.1, 0.15) is 66.5 Å². The van der Waals surface area contributed by atoms with E-state index >= 15 is 0 Å². The van der Waals surface area contributed by atoms with Crippen LogP contribution in [-0.2, 0) is 9.53 Å². The third kappa shape index (κ3) is 6.71. The topological polar surface area (TPSA) is 50.4 Å². The third-order valence-electron chi connectivity index (χ3n) is 3.74. The second-order valence-corrected chi connectivity index (χ2v) is 7.72. The molecule has 1 aromatic carbocycles. The van der Waals surface area contributed by atoms with E-state index in [1.165, 1.54) is 0 Å². The number of amides is 1. The Morgan fingerprint density at radius 1 is 1.09 bits per heavy atom. The van der Waals surface area contributed by atoms with Gasteiger partial charge in [0.25, 0.3) is 0 Å². The summed E-state index contributed by atoms with van der Waals surface area (Å²) >= 11 is 0. The van der Waals surface area contributed by atoms with Gasteiger partial charge in [-0.25, -0.2) is 5.43 Å². The minimum absolute atomic E-state index is 0.0271. The molecule has 0 aliphatic rings. The SMILES string of the molecule is CC(C)OC(C)(C)CC(C)(C)C(=O)NNC(C)c1ccccc1. The molecule has 0 aliphatic carbocycles. The Kier molecular flexibility index (Phi) is 6.78. The largest absolute Gasteiger partial charge is 0.373 e. The molecule has 23 heavy (non-hydrogen) atoms. The Morgan fingerprint density at radius 3 is 2.17 bits per heavy atom. The molecule has 2 N–H and O–H groups in total. The highest BCUT2D eigenvalue weighted by Crippen LogP contribution is 2.31. The fourth-order valence-corrected chi connectivity index (χ4v) is 2.99.